The van der Waals surface area contributed by atoms with Gasteiger partial charge in [-0.3, -0.25) is 0 Å². The number of rotatable bonds is 8. The van der Waals surface area contributed by atoms with Crippen molar-refractivity contribution in [3.05, 3.63) is 73.1 Å². The van der Waals surface area contributed by atoms with Crippen LogP contribution in [-0.4, -0.2) is 18.3 Å². The fraction of sp³-hybridized carbons (Fsp3) is 0.417. The molecule has 1 aliphatic rings. The summed E-state index contributed by atoms with van der Waals surface area (Å²) in [6, 6.07) is 8.15. The first kappa shape index (κ1) is 22.3. The summed E-state index contributed by atoms with van der Waals surface area (Å²) < 4.78 is 12.6. The van der Waals surface area contributed by atoms with E-state index in [9.17, 15) is 0 Å². The van der Waals surface area contributed by atoms with Crippen molar-refractivity contribution >= 4 is 18.3 Å². The number of nitrogens with zero attached hydrogens (tertiary/aromatic N) is 1. The molecule has 0 spiro atoms. The molecule has 0 amide bonds. The average molecular weight is 379 g/mol. The van der Waals surface area contributed by atoms with Crippen LogP contribution in [0.4, 0.5) is 5.69 Å². The molecule has 0 aliphatic carbocycles. The predicted molar refractivity (Wildman–Crippen MR) is 122 cm³/mol. The topological polar surface area (TPSA) is 21.7 Å². The molecule has 0 saturated carbocycles. The highest BCUT2D eigenvalue weighted by Gasteiger charge is 2.52. The third-order valence-electron chi connectivity index (χ3n) is 5.35. The van der Waals surface area contributed by atoms with Crippen molar-refractivity contribution in [2.75, 3.05) is 4.90 Å². The second-order valence-corrected chi connectivity index (χ2v) is 8.09. The predicted octanol–water partition coefficient (Wildman–Crippen LogP) is 5.75. The SMILES string of the molecule is C=C(/C=C\CC)N(C(=C)/C=C\CC)c1ccccc1B1OC(C)(C)C(C)(C)O1. The maximum absolute atomic E-state index is 6.32. The second-order valence-electron chi connectivity index (χ2n) is 8.09. The molecule has 3 nitrogen and oxygen atoms in total. The van der Waals surface area contributed by atoms with Crippen LogP contribution in [0.3, 0.4) is 0 Å². The van der Waals surface area contributed by atoms with E-state index in [0.717, 1.165) is 35.4 Å². The van der Waals surface area contributed by atoms with Crippen LogP contribution in [0.1, 0.15) is 54.4 Å². The fourth-order valence-corrected chi connectivity index (χ4v) is 3.01. The second kappa shape index (κ2) is 8.98. The Morgan fingerprint density at radius 1 is 0.929 bits per heavy atom. The number of para-hydroxylation sites is 1. The monoisotopic (exact) mass is 379 g/mol. The van der Waals surface area contributed by atoms with Gasteiger partial charge in [-0.05, 0) is 58.8 Å². The third kappa shape index (κ3) is 4.68. The molecule has 1 heterocycles. The number of hydrogen-bond acceptors (Lipinski definition) is 3. The van der Waals surface area contributed by atoms with E-state index in [4.69, 9.17) is 9.31 Å². The summed E-state index contributed by atoms with van der Waals surface area (Å²) in [6.45, 7) is 21.1. The maximum Gasteiger partial charge on any atom is 0.496 e. The van der Waals surface area contributed by atoms with Crippen LogP contribution in [0.5, 0.6) is 0 Å². The van der Waals surface area contributed by atoms with Gasteiger partial charge >= 0.3 is 7.12 Å². The van der Waals surface area contributed by atoms with E-state index in [1.54, 1.807) is 0 Å². The number of hydrogen-bond donors (Lipinski definition) is 0. The van der Waals surface area contributed by atoms with Crippen molar-refractivity contribution in [2.24, 2.45) is 0 Å². The molecule has 150 valence electrons. The first-order valence-electron chi connectivity index (χ1n) is 10.1. The Labute approximate surface area is 171 Å². The van der Waals surface area contributed by atoms with Crippen molar-refractivity contribution in [1.29, 1.82) is 0 Å². The molecule has 1 aromatic rings. The van der Waals surface area contributed by atoms with Gasteiger partial charge in [0, 0.05) is 22.5 Å². The number of anilines is 1. The Hall–Kier alpha value is -2.04. The van der Waals surface area contributed by atoms with Gasteiger partial charge in [-0.15, -0.1) is 0 Å². The molecule has 1 fully saturated rings. The molecule has 4 heteroatoms. The summed E-state index contributed by atoms with van der Waals surface area (Å²) in [5, 5.41) is 0. The number of allylic oxidation sites excluding steroid dienone is 4. The molecule has 1 aromatic carbocycles. The number of benzene rings is 1. The van der Waals surface area contributed by atoms with Gasteiger partial charge < -0.3 is 14.2 Å². The Bertz CT molecular complexity index is 735. The molecule has 0 atom stereocenters. The van der Waals surface area contributed by atoms with Gasteiger partial charge in [0.05, 0.1) is 11.2 Å². The molecule has 2 rings (SSSR count). The van der Waals surface area contributed by atoms with Crippen molar-refractivity contribution in [3.63, 3.8) is 0 Å². The van der Waals surface area contributed by atoms with E-state index in [1.807, 2.05) is 24.3 Å². The zero-order valence-corrected chi connectivity index (χ0v) is 18.3. The lowest BCUT2D eigenvalue weighted by molar-refractivity contribution is 0.00578. The Kier molecular flexibility index (Phi) is 7.14. The van der Waals surface area contributed by atoms with Gasteiger partial charge in [-0.2, -0.15) is 0 Å². The van der Waals surface area contributed by atoms with E-state index >= 15 is 0 Å². The molecule has 0 bridgehead atoms. The van der Waals surface area contributed by atoms with Crippen LogP contribution < -0.4 is 10.4 Å². The fourth-order valence-electron chi connectivity index (χ4n) is 3.01. The lowest BCUT2D eigenvalue weighted by Gasteiger charge is -2.32. The third-order valence-corrected chi connectivity index (χ3v) is 5.35. The molecule has 0 N–H and O–H groups in total. The minimum absolute atomic E-state index is 0.395. The Morgan fingerprint density at radius 3 is 1.86 bits per heavy atom. The summed E-state index contributed by atoms with van der Waals surface area (Å²) in [5.41, 5.74) is 2.87. The first-order chi connectivity index (χ1) is 13.1. The van der Waals surface area contributed by atoms with Gasteiger partial charge in [0.2, 0.25) is 0 Å². The van der Waals surface area contributed by atoms with Crippen LogP contribution in [0.2, 0.25) is 0 Å². The minimum atomic E-state index is -0.449. The summed E-state index contributed by atoms with van der Waals surface area (Å²) >= 11 is 0. The van der Waals surface area contributed by atoms with E-state index in [0.29, 0.717) is 0 Å². The van der Waals surface area contributed by atoms with Crippen molar-refractivity contribution in [1.82, 2.24) is 0 Å². The summed E-state index contributed by atoms with van der Waals surface area (Å²) in [7, 11) is -0.449. The lowest BCUT2D eigenvalue weighted by Crippen LogP contribution is -2.41. The Morgan fingerprint density at radius 2 is 1.39 bits per heavy atom. The molecular formula is C24H34BNO2. The minimum Gasteiger partial charge on any atom is -0.399 e. The molecule has 0 unspecified atom stereocenters. The van der Waals surface area contributed by atoms with Crippen LogP contribution in [-0.2, 0) is 9.31 Å². The summed E-state index contributed by atoms with van der Waals surface area (Å²) in [6.07, 6.45) is 10.2. The van der Waals surface area contributed by atoms with Gasteiger partial charge in [-0.1, -0.05) is 57.4 Å². The highest BCUT2D eigenvalue weighted by molar-refractivity contribution is 6.64. The van der Waals surface area contributed by atoms with E-state index in [-0.39, 0.29) is 0 Å². The van der Waals surface area contributed by atoms with Crippen LogP contribution >= 0.6 is 0 Å². The standard InChI is InChI=1S/C24H34BNO2/c1-9-11-15-19(3)26(20(4)16-12-10-2)22-18-14-13-17-21(22)25-27-23(5,6)24(7,8)28-25/h11-18H,3-4,9-10H2,1-2,5-8H3/b15-11-,16-12-. The largest absolute Gasteiger partial charge is 0.496 e. The van der Waals surface area contributed by atoms with Crippen molar-refractivity contribution < 1.29 is 9.31 Å². The molecule has 28 heavy (non-hydrogen) atoms. The maximum atomic E-state index is 6.32. The average Bonchev–Trinajstić information content (AvgIpc) is 2.86. The van der Waals surface area contributed by atoms with Gasteiger partial charge in [-0.25, -0.2) is 0 Å². The van der Waals surface area contributed by atoms with Crippen molar-refractivity contribution in [3.8, 4) is 0 Å². The van der Waals surface area contributed by atoms with Crippen LogP contribution in [0, 0.1) is 0 Å². The van der Waals surface area contributed by atoms with Crippen LogP contribution in [0.15, 0.2) is 73.1 Å². The highest BCUT2D eigenvalue weighted by atomic mass is 16.7. The molecule has 0 radical (unpaired) electrons. The molecular weight excluding hydrogens is 345 g/mol. The summed E-state index contributed by atoms with van der Waals surface area (Å²) in [4.78, 5) is 2.07. The van der Waals surface area contributed by atoms with E-state index in [2.05, 4.69) is 83.9 Å². The van der Waals surface area contributed by atoms with Gasteiger partial charge in [0.15, 0.2) is 0 Å². The molecule has 0 aromatic heterocycles. The smallest absolute Gasteiger partial charge is 0.399 e. The van der Waals surface area contributed by atoms with E-state index < -0.39 is 18.3 Å². The molecule has 1 aliphatic heterocycles. The molecule has 1 saturated heterocycles. The van der Waals surface area contributed by atoms with Crippen LogP contribution in [0.25, 0.3) is 0 Å². The zero-order valence-electron chi connectivity index (χ0n) is 18.3. The summed E-state index contributed by atoms with van der Waals surface area (Å²) in [5.74, 6) is 0. The quantitative estimate of drug-likeness (QED) is 0.424. The Balaban J connectivity index is 2.50. The van der Waals surface area contributed by atoms with E-state index in [1.165, 1.54) is 0 Å². The van der Waals surface area contributed by atoms with Crippen molar-refractivity contribution in [2.45, 2.75) is 65.6 Å². The normalized spacial score (nSPS) is 18.1. The van der Waals surface area contributed by atoms with Gasteiger partial charge in [0.25, 0.3) is 0 Å². The highest BCUT2D eigenvalue weighted by Crippen LogP contribution is 2.37. The lowest BCUT2D eigenvalue weighted by atomic mass is 9.77. The van der Waals surface area contributed by atoms with Gasteiger partial charge in [0.1, 0.15) is 0 Å². The zero-order chi connectivity index (χ0) is 20.9. The first-order valence-corrected chi connectivity index (χ1v) is 10.1.